The average molecular weight is 452 g/mol. The fourth-order valence-electron chi connectivity index (χ4n) is 1.80. The third kappa shape index (κ3) is 5.84. The number of hydrogen-bond acceptors (Lipinski definition) is 9. The number of carbonyl (C=O) groups excluding carboxylic acids is 2. The minimum atomic E-state index is -4.86. The van der Waals surface area contributed by atoms with E-state index < -0.39 is 32.5 Å². The van der Waals surface area contributed by atoms with E-state index in [-0.39, 0.29) is 23.2 Å². The Balaban J connectivity index is 1.97. The van der Waals surface area contributed by atoms with Crippen molar-refractivity contribution in [1.82, 2.24) is 10.2 Å². The molecule has 0 saturated heterocycles. The number of benzene rings is 1. The first kappa shape index (κ1) is 22.0. The molecule has 0 spiro atoms. The summed E-state index contributed by atoms with van der Waals surface area (Å²) in [5, 5.41) is 12.3. The molecule has 2 rings (SSSR count). The zero-order valence-corrected chi connectivity index (χ0v) is 16.7. The van der Waals surface area contributed by atoms with E-state index in [0.717, 1.165) is 29.2 Å². The van der Waals surface area contributed by atoms with Crippen molar-refractivity contribution < 1.29 is 31.5 Å². The van der Waals surface area contributed by atoms with E-state index in [1.165, 1.54) is 18.2 Å². The number of ether oxygens (including phenoxy) is 1. The van der Waals surface area contributed by atoms with Gasteiger partial charge in [0.25, 0.3) is 0 Å². The number of nitrogens with zero attached hydrogens (tertiary/aromatic N) is 2. The van der Waals surface area contributed by atoms with Crippen LogP contribution < -0.4 is 10.6 Å². The topological polar surface area (TPSA) is 127 Å². The van der Waals surface area contributed by atoms with Crippen LogP contribution in [0.15, 0.2) is 33.5 Å². The molecular weight excluding hydrogens is 438 g/mol. The monoisotopic (exact) mass is 452 g/mol. The molecule has 2 N–H and O–H groups in total. The van der Waals surface area contributed by atoms with Gasteiger partial charge in [-0.2, -0.15) is 8.78 Å². The molecule has 1 heterocycles. The molecule has 0 saturated carbocycles. The van der Waals surface area contributed by atoms with E-state index in [1.54, 1.807) is 6.92 Å². The van der Waals surface area contributed by atoms with Crippen molar-refractivity contribution in [3.05, 3.63) is 24.3 Å². The van der Waals surface area contributed by atoms with Gasteiger partial charge in [-0.15, -0.1) is 10.2 Å². The lowest BCUT2D eigenvalue weighted by Gasteiger charge is -2.10. The van der Waals surface area contributed by atoms with Crippen LogP contribution in [-0.2, 0) is 19.4 Å². The van der Waals surface area contributed by atoms with Gasteiger partial charge in [0.2, 0.25) is 20.9 Å². The molecule has 2 aromatic rings. The Morgan fingerprint density at radius 3 is 2.64 bits per heavy atom. The minimum Gasteiger partial charge on any atom is -0.450 e. The van der Waals surface area contributed by atoms with Gasteiger partial charge in [0.1, 0.15) is 0 Å². The van der Waals surface area contributed by atoms with Crippen LogP contribution in [0.3, 0.4) is 0 Å². The summed E-state index contributed by atoms with van der Waals surface area (Å²) in [6, 6.07) is 4.89. The number of thioether (sulfide) groups is 1. The number of carbonyl (C=O) groups is 2. The quantitative estimate of drug-likeness (QED) is 0.462. The van der Waals surface area contributed by atoms with Crippen LogP contribution >= 0.6 is 23.1 Å². The Morgan fingerprint density at radius 1 is 1.25 bits per heavy atom. The summed E-state index contributed by atoms with van der Waals surface area (Å²) in [6.07, 6.45) is -0.690. The minimum absolute atomic E-state index is 0.176. The van der Waals surface area contributed by atoms with Gasteiger partial charge >= 0.3 is 11.9 Å². The van der Waals surface area contributed by atoms with Crippen molar-refractivity contribution in [3.8, 4) is 0 Å². The summed E-state index contributed by atoms with van der Waals surface area (Å²) in [5.41, 5.74) is -0.240. The zero-order chi connectivity index (χ0) is 20.7. The van der Waals surface area contributed by atoms with Crippen molar-refractivity contribution >= 4 is 55.8 Å². The van der Waals surface area contributed by atoms with E-state index in [4.69, 9.17) is 4.74 Å². The molecular formula is C14H14F2N4O5S3. The van der Waals surface area contributed by atoms with Crippen molar-refractivity contribution in [2.75, 3.05) is 23.0 Å². The van der Waals surface area contributed by atoms with Crippen LogP contribution in [0.2, 0.25) is 0 Å². The Labute approximate surface area is 166 Å². The fourth-order valence-corrected chi connectivity index (χ4v) is 4.22. The molecule has 0 unspecified atom stereocenters. The molecule has 152 valence electrons. The second-order valence-corrected chi connectivity index (χ2v) is 8.94. The molecule has 9 nitrogen and oxygen atoms in total. The third-order valence-electron chi connectivity index (χ3n) is 2.92. The molecule has 2 amide bonds. The Hall–Kier alpha value is -2.32. The van der Waals surface area contributed by atoms with Crippen LogP contribution in [0.1, 0.15) is 6.92 Å². The van der Waals surface area contributed by atoms with Crippen LogP contribution in [0, 0.1) is 0 Å². The van der Waals surface area contributed by atoms with Gasteiger partial charge in [0, 0.05) is 0 Å². The molecule has 0 fully saturated rings. The number of rotatable bonds is 8. The number of nitrogens with one attached hydrogen (secondary N) is 2. The predicted molar refractivity (Wildman–Crippen MR) is 99.5 cm³/mol. The second-order valence-electron chi connectivity index (χ2n) is 4.86. The van der Waals surface area contributed by atoms with E-state index in [9.17, 15) is 26.8 Å². The maximum atomic E-state index is 12.8. The number of para-hydroxylation sites is 1. The smallest absolute Gasteiger partial charge is 0.413 e. The summed E-state index contributed by atoms with van der Waals surface area (Å²) in [7, 11) is -4.86. The van der Waals surface area contributed by atoms with Crippen LogP contribution in [0.5, 0.6) is 0 Å². The summed E-state index contributed by atoms with van der Waals surface area (Å²) in [5.74, 6) is -4.42. The van der Waals surface area contributed by atoms with Gasteiger partial charge in [-0.3, -0.25) is 10.1 Å². The highest BCUT2D eigenvalue weighted by atomic mass is 32.2. The first-order valence-electron chi connectivity index (χ1n) is 7.55. The Kier molecular flexibility index (Phi) is 7.65. The van der Waals surface area contributed by atoms with Crippen molar-refractivity contribution in [2.45, 2.75) is 21.9 Å². The highest BCUT2D eigenvalue weighted by Crippen LogP contribution is 2.28. The highest BCUT2D eigenvalue weighted by Gasteiger charge is 2.29. The van der Waals surface area contributed by atoms with E-state index in [1.807, 2.05) is 0 Å². The van der Waals surface area contributed by atoms with Crippen molar-refractivity contribution in [2.24, 2.45) is 0 Å². The average Bonchev–Trinajstić information content (AvgIpc) is 3.07. The van der Waals surface area contributed by atoms with Crippen LogP contribution in [0.25, 0.3) is 0 Å². The number of aromatic nitrogens is 2. The molecule has 0 atom stereocenters. The summed E-state index contributed by atoms with van der Waals surface area (Å²) in [6.45, 7) is 1.83. The molecule has 0 aliphatic heterocycles. The standard InChI is InChI=1S/C14H14F2N4O5S3/c1-2-25-13(22)18-12-19-20-14(27-12)26-7-10(21)17-8-5-3-4-6-9(8)28(23,24)11(15)16/h3-6,11H,2,7H2,1H3,(H,17,21)(H,18,19,22). The third-order valence-corrected chi connectivity index (χ3v) is 6.33. The summed E-state index contributed by atoms with van der Waals surface area (Å²) < 4.78 is 54.0. The summed E-state index contributed by atoms with van der Waals surface area (Å²) >= 11 is 1.97. The largest absolute Gasteiger partial charge is 0.450 e. The Morgan fingerprint density at radius 2 is 1.96 bits per heavy atom. The molecule has 1 aromatic heterocycles. The van der Waals surface area contributed by atoms with Gasteiger partial charge in [-0.1, -0.05) is 35.2 Å². The van der Waals surface area contributed by atoms with Gasteiger partial charge < -0.3 is 10.1 Å². The predicted octanol–water partition coefficient (Wildman–Crippen LogP) is 2.83. The van der Waals surface area contributed by atoms with Crippen LogP contribution in [0.4, 0.5) is 24.4 Å². The van der Waals surface area contributed by atoms with Crippen LogP contribution in [-0.4, -0.2) is 48.7 Å². The highest BCUT2D eigenvalue weighted by molar-refractivity contribution is 8.01. The normalized spacial score (nSPS) is 11.3. The molecule has 28 heavy (non-hydrogen) atoms. The lowest BCUT2D eigenvalue weighted by atomic mass is 10.3. The van der Waals surface area contributed by atoms with E-state index in [0.29, 0.717) is 4.34 Å². The van der Waals surface area contributed by atoms with Crippen molar-refractivity contribution in [3.63, 3.8) is 0 Å². The van der Waals surface area contributed by atoms with Gasteiger partial charge in [0.05, 0.1) is 22.9 Å². The SMILES string of the molecule is CCOC(=O)Nc1nnc(SCC(=O)Nc2ccccc2S(=O)(=O)C(F)F)s1. The summed E-state index contributed by atoms with van der Waals surface area (Å²) in [4.78, 5) is 22.7. The van der Waals surface area contributed by atoms with E-state index in [2.05, 4.69) is 20.8 Å². The van der Waals surface area contributed by atoms with E-state index >= 15 is 0 Å². The first-order chi connectivity index (χ1) is 13.2. The maximum Gasteiger partial charge on any atom is 0.413 e. The number of halogens is 2. The lowest BCUT2D eigenvalue weighted by Crippen LogP contribution is -2.18. The first-order valence-corrected chi connectivity index (χ1v) is 10.9. The van der Waals surface area contributed by atoms with Crippen molar-refractivity contribution in [1.29, 1.82) is 0 Å². The number of sulfone groups is 1. The molecule has 0 bridgehead atoms. The van der Waals surface area contributed by atoms with Gasteiger partial charge in [-0.05, 0) is 19.1 Å². The fraction of sp³-hybridized carbons (Fsp3) is 0.286. The van der Waals surface area contributed by atoms with Gasteiger partial charge in [0.15, 0.2) is 4.34 Å². The number of amides is 2. The van der Waals surface area contributed by atoms with Gasteiger partial charge in [-0.25, -0.2) is 13.2 Å². The molecule has 1 aromatic carbocycles. The molecule has 0 aliphatic rings. The lowest BCUT2D eigenvalue weighted by molar-refractivity contribution is -0.113. The number of hydrogen-bond donors (Lipinski definition) is 2. The maximum absolute atomic E-state index is 12.8. The number of anilines is 2. The number of alkyl halides is 2. The Bertz CT molecular complexity index is 952. The zero-order valence-electron chi connectivity index (χ0n) is 14.2. The molecule has 0 aliphatic carbocycles. The second kappa shape index (κ2) is 9.75. The molecule has 14 heteroatoms. The molecule has 0 radical (unpaired) electrons.